The maximum absolute atomic E-state index is 10.5. The van der Waals surface area contributed by atoms with Gasteiger partial charge in [-0.25, -0.2) is 4.68 Å². The van der Waals surface area contributed by atoms with E-state index in [1.807, 2.05) is 48.2 Å². The van der Waals surface area contributed by atoms with Crippen LogP contribution >= 0.6 is 11.3 Å². The van der Waals surface area contributed by atoms with Gasteiger partial charge in [0.1, 0.15) is 5.01 Å². The largest absolute Gasteiger partial charge is 0.504 e. The normalized spacial score (nSPS) is 15.3. The van der Waals surface area contributed by atoms with Gasteiger partial charge in [-0.1, -0.05) is 54.9 Å². The molecule has 8 heteroatoms. The highest BCUT2D eigenvalue weighted by molar-refractivity contribution is 7.09. The molecule has 1 aromatic heterocycles. The average Bonchev–Trinajstić information content (AvgIpc) is 3.20. The van der Waals surface area contributed by atoms with Gasteiger partial charge in [0.2, 0.25) is 4.80 Å². The number of phenols is 2. The number of aromatic hydroxyl groups is 2. The second kappa shape index (κ2) is 11.3. The summed E-state index contributed by atoms with van der Waals surface area (Å²) < 4.78 is 12.3. The van der Waals surface area contributed by atoms with E-state index in [9.17, 15) is 10.2 Å². The summed E-state index contributed by atoms with van der Waals surface area (Å²) in [7, 11) is 4.96. The topological polar surface area (TPSA) is 89.1 Å². The van der Waals surface area contributed by atoms with Crippen molar-refractivity contribution in [2.45, 2.75) is 38.1 Å². The molecule has 2 aromatic carbocycles. The molecule has 1 fully saturated rings. The SMILES string of the molecule is COc1ccc(/C=C/c2cc(/C=C/c3nn(C)c(=NC4CCCCC4)s3)cc(O)c2OC)cc1O. The Bertz CT molecular complexity index is 1300. The van der Waals surface area contributed by atoms with E-state index in [4.69, 9.17) is 14.5 Å². The maximum atomic E-state index is 10.5. The van der Waals surface area contributed by atoms with Crippen molar-refractivity contribution in [3.63, 3.8) is 0 Å². The molecule has 0 amide bonds. The minimum atomic E-state index is 0.0459. The minimum absolute atomic E-state index is 0.0459. The lowest BCUT2D eigenvalue weighted by atomic mass is 9.96. The molecule has 7 nitrogen and oxygen atoms in total. The third-order valence-electron chi connectivity index (χ3n) is 5.99. The predicted octanol–water partition coefficient (Wildman–Crippen LogP) is 5.48. The summed E-state index contributed by atoms with van der Waals surface area (Å²) in [5.74, 6) is 0.900. The van der Waals surface area contributed by atoms with E-state index in [0.29, 0.717) is 23.1 Å². The quantitative estimate of drug-likeness (QED) is 0.425. The lowest BCUT2D eigenvalue weighted by Crippen LogP contribution is -2.18. The van der Waals surface area contributed by atoms with Gasteiger partial charge in [0, 0.05) is 12.6 Å². The first-order valence-corrected chi connectivity index (χ1v) is 12.5. The van der Waals surface area contributed by atoms with Crippen molar-refractivity contribution in [2.75, 3.05) is 14.2 Å². The zero-order valence-electron chi connectivity index (χ0n) is 20.3. The lowest BCUT2D eigenvalue weighted by Gasteiger charge is -2.16. The van der Waals surface area contributed by atoms with Crippen LogP contribution in [0.15, 0.2) is 35.3 Å². The Labute approximate surface area is 209 Å². The molecule has 3 aromatic rings. The van der Waals surface area contributed by atoms with Crippen LogP contribution in [0.25, 0.3) is 24.3 Å². The van der Waals surface area contributed by atoms with Gasteiger partial charge in [0.25, 0.3) is 0 Å². The van der Waals surface area contributed by atoms with E-state index in [1.54, 1.807) is 29.5 Å². The molecular weight excluding hydrogens is 462 g/mol. The Balaban J connectivity index is 1.57. The lowest BCUT2D eigenvalue weighted by molar-refractivity contribution is 0.372. The summed E-state index contributed by atoms with van der Waals surface area (Å²) in [6, 6.07) is 9.13. The van der Waals surface area contributed by atoms with Crippen molar-refractivity contribution in [2.24, 2.45) is 12.0 Å². The molecule has 0 bridgehead atoms. The molecule has 1 aliphatic carbocycles. The molecule has 184 valence electrons. The molecule has 1 heterocycles. The first kappa shape index (κ1) is 24.6. The number of rotatable bonds is 7. The van der Waals surface area contributed by atoms with Crippen LogP contribution in [-0.4, -0.2) is 40.3 Å². The third kappa shape index (κ3) is 6.14. The molecule has 35 heavy (non-hydrogen) atoms. The van der Waals surface area contributed by atoms with E-state index < -0.39 is 0 Å². The molecule has 2 N–H and O–H groups in total. The van der Waals surface area contributed by atoms with Crippen molar-refractivity contribution in [3.8, 4) is 23.0 Å². The summed E-state index contributed by atoms with van der Waals surface area (Å²) in [4.78, 5) is 5.84. The summed E-state index contributed by atoms with van der Waals surface area (Å²) in [6.07, 6.45) is 13.6. The number of methoxy groups -OCH3 is 2. The molecule has 0 saturated heterocycles. The van der Waals surface area contributed by atoms with Crippen LogP contribution in [0.1, 0.15) is 53.8 Å². The Morgan fingerprint density at radius 3 is 2.40 bits per heavy atom. The van der Waals surface area contributed by atoms with Crippen molar-refractivity contribution >= 4 is 35.6 Å². The van der Waals surface area contributed by atoms with Crippen LogP contribution in [0, 0.1) is 0 Å². The molecular formula is C27H31N3O4S. The van der Waals surface area contributed by atoms with Crippen LogP contribution in [-0.2, 0) is 7.05 Å². The number of hydrogen-bond donors (Lipinski definition) is 2. The first-order chi connectivity index (χ1) is 17.0. The summed E-state index contributed by atoms with van der Waals surface area (Å²) >= 11 is 1.56. The Morgan fingerprint density at radius 1 is 0.943 bits per heavy atom. The van der Waals surface area contributed by atoms with Gasteiger partial charge >= 0.3 is 0 Å². The Morgan fingerprint density at radius 2 is 1.69 bits per heavy atom. The minimum Gasteiger partial charge on any atom is -0.504 e. The van der Waals surface area contributed by atoms with Crippen LogP contribution in [0.5, 0.6) is 23.0 Å². The van der Waals surface area contributed by atoms with Crippen molar-refractivity contribution < 1.29 is 19.7 Å². The van der Waals surface area contributed by atoms with E-state index in [1.165, 1.54) is 33.5 Å². The van der Waals surface area contributed by atoms with Gasteiger partial charge in [-0.3, -0.25) is 4.99 Å². The van der Waals surface area contributed by atoms with Crippen LogP contribution in [0.4, 0.5) is 0 Å². The smallest absolute Gasteiger partial charge is 0.203 e. The van der Waals surface area contributed by atoms with Crippen LogP contribution < -0.4 is 14.3 Å². The molecule has 1 saturated carbocycles. The number of phenolic OH excluding ortho intramolecular Hbond substituents is 2. The van der Waals surface area contributed by atoms with Crippen LogP contribution in [0.2, 0.25) is 0 Å². The molecule has 0 unspecified atom stereocenters. The predicted molar refractivity (Wildman–Crippen MR) is 141 cm³/mol. The second-order valence-electron chi connectivity index (χ2n) is 8.53. The molecule has 0 atom stereocenters. The monoisotopic (exact) mass is 493 g/mol. The fourth-order valence-corrected chi connectivity index (χ4v) is 5.04. The highest BCUT2D eigenvalue weighted by Gasteiger charge is 2.13. The highest BCUT2D eigenvalue weighted by Crippen LogP contribution is 2.34. The Kier molecular flexibility index (Phi) is 7.92. The zero-order chi connectivity index (χ0) is 24.8. The molecule has 4 rings (SSSR count). The molecule has 0 radical (unpaired) electrons. The van der Waals surface area contributed by atoms with Crippen molar-refractivity contribution in [3.05, 3.63) is 56.8 Å². The summed E-state index contributed by atoms with van der Waals surface area (Å²) in [5.41, 5.74) is 2.31. The summed E-state index contributed by atoms with van der Waals surface area (Å²) in [5, 5.41) is 26.0. The fourth-order valence-electron chi connectivity index (χ4n) is 4.18. The van der Waals surface area contributed by atoms with Gasteiger partial charge < -0.3 is 19.7 Å². The third-order valence-corrected chi connectivity index (χ3v) is 6.97. The van der Waals surface area contributed by atoms with Gasteiger partial charge in [0.05, 0.1) is 20.3 Å². The Hall–Kier alpha value is -3.52. The van der Waals surface area contributed by atoms with E-state index in [2.05, 4.69) is 5.10 Å². The first-order valence-electron chi connectivity index (χ1n) is 11.7. The molecule has 0 aliphatic heterocycles. The number of nitrogens with zero attached hydrogens (tertiary/aromatic N) is 3. The number of ether oxygens (including phenoxy) is 2. The fraction of sp³-hybridized carbons (Fsp3) is 0.333. The summed E-state index contributed by atoms with van der Waals surface area (Å²) in [6.45, 7) is 0. The molecule has 0 spiro atoms. The van der Waals surface area contributed by atoms with Crippen molar-refractivity contribution in [1.29, 1.82) is 0 Å². The average molecular weight is 494 g/mol. The van der Waals surface area contributed by atoms with Gasteiger partial charge in [-0.2, -0.15) is 5.10 Å². The number of benzene rings is 2. The maximum Gasteiger partial charge on any atom is 0.203 e. The van der Waals surface area contributed by atoms with E-state index >= 15 is 0 Å². The van der Waals surface area contributed by atoms with Gasteiger partial charge in [-0.15, -0.1) is 0 Å². The van der Waals surface area contributed by atoms with Gasteiger partial charge in [0.15, 0.2) is 23.0 Å². The number of aryl methyl sites for hydroxylation is 1. The number of aromatic nitrogens is 2. The van der Waals surface area contributed by atoms with E-state index in [0.717, 1.165) is 33.8 Å². The zero-order valence-corrected chi connectivity index (χ0v) is 21.1. The van der Waals surface area contributed by atoms with Gasteiger partial charge in [-0.05, 0) is 54.3 Å². The van der Waals surface area contributed by atoms with E-state index in [-0.39, 0.29) is 11.5 Å². The molecule has 1 aliphatic rings. The second-order valence-corrected chi connectivity index (χ2v) is 9.52. The van der Waals surface area contributed by atoms with Crippen molar-refractivity contribution in [1.82, 2.24) is 9.78 Å². The highest BCUT2D eigenvalue weighted by atomic mass is 32.1. The standard InChI is InChI=1S/C27H31N3O4S/c1-30-27(28-21-7-5-4-6-8-21)35-25(29-30)14-11-19-15-20(26(34-3)23(32)17-19)12-9-18-10-13-24(33-2)22(31)16-18/h9-17,21,31-32H,4-8H2,1-3H3/b12-9+,14-11+,28-27?. The number of hydrogen-bond acceptors (Lipinski definition) is 7. The van der Waals surface area contributed by atoms with Crippen LogP contribution in [0.3, 0.4) is 0 Å².